The van der Waals surface area contributed by atoms with Crippen LogP contribution in [0.1, 0.15) is 22.8 Å². The highest BCUT2D eigenvalue weighted by atomic mass is 35.5. The number of halogens is 1. The van der Waals surface area contributed by atoms with Crippen molar-refractivity contribution in [3.63, 3.8) is 0 Å². The van der Waals surface area contributed by atoms with Crippen LogP contribution in [-0.2, 0) is 6.61 Å². The molecule has 2 heterocycles. The molecule has 3 aromatic carbocycles. The molecule has 5 nitrogen and oxygen atoms in total. The molecule has 2 aliphatic rings. The van der Waals surface area contributed by atoms with E-state index in [0.717, 1.165) is 33.9 Å². The van der Waals surface area contributed by atoms with E-state index in [4.69, 9.17) is 35.3 Å². The van der Waals surface area contributed by atoms with Crippen LogP contribution in [0, 0.1) is 0 Å². The van der Waals surface area contributed by atoms with Gasteiger partial charge in [0.25, 0.3) is 0 Å². The Hall–Kier alpha value is -3.31. The average molecular weight is 423 g/mol. The number of hydrogen-bond acceptors (Lipinski definition) is 5. The largest absolute Gasteiger partial charge is 0.497 e. The number of hydrogen-bond donors (Lipinski definition) is 0. The molecule has 0 spiro atoms. The monoisotopic (exact) mass is 422 g/mol. The van der Waals surface area contributed by atoms with E-state index in [0.29, 0.717) is 23.1 Å². The van der Waals surface area contributed by atoms with Crippen LogP contribution in [0.5, 0.6) is 28.7 Å². The highest BCUT2D eigenvalue weighted by Gasteiger charge is 2.24. The second-order valence-corrected chi connectivity index (χ2v) is 7.37. The van der Waals surface area contributed by atoms with Crippen molar-refractivity contribution in [3.8, 4) is 28.7 Å². The molecule has 1 unspecified atom stereocenters. The molecule has 0 fully saturated rings. The normalized spacial score (nSPS) is 16.3. The lowest BCUT2D eigenvalue weighted by Crippen LogP contribution is -2.10. The average Bonchev–Trinajstić information content (AvgIpc) is 3.26. The summed E-state index contributed by atoms with van der Waals surface area (Å²) in [6.07, 6.45) is 1.58. The standard InChI is InChI=1S/C24H19ClO5/c1-26-17-5-2-15(3-6-17)13-27-18-7-9-21-19(11-18)20(25)12-23(30-21)16-4-8-22-24(10-16)29-14-28-22/h2-12,23H,13-14H2,1H3. The van der Waals surface area contributed by atoms with Crippen molar-refractivity contribution in [1.82, 2.24) is 0 Å². The fourth-order valence-corrected chi connectivity index (χ4v) is 3.69. The van der Waals surface area contributed by atoms with E-state index in [1.807, 2.05) is 66.7 Å². The SMILES string of the molecule is COc1ccc(COc2ccc3c(c2)C(Cl)=CC(c2ccc4c(c2)OCO4)O3)cc1. The fraction of sp³-hybridized carbons (Fsp3) is 0.167. The Morgan fingerprint density at radius 1 is 0.900 bits per heavy atom. The van der Waals surface area contributed by atoms with Crippen LogP contribution < -0.4 is 23.7 Å². The molecular formula is C24H19ClO5. The zero-order chi connectivity index (χ0) is 20.5. The summed E-state index contributed by atoms with van der Waals surface area (Å²) >= 11 is 6.59. The van der Waals surface area contributed by atoms with E-state index in [9.17, 15) is 0 Å². The topological polar surface area (TPSA) is 46.2 Å². The number of ether oxygens (including phenoxy) is 5. The van der Waals surface area contributed by atoms with Gasteiger partial charge in [-0.2, -0.15) is 0 Å². The van der Waals surface area contributed by atoms with Gasteiger partial charge in [0.05, 0.1) is 12.1 Å². The van der Waals surface area contributed by atoms with Crippen LogP contribution in [0.4, 0.5) is 0 Å². The predicted octanol–water partition coefficient (Wildman–Crippen LogP) is 5.72. The molecule has 0 aliphatic carbocycles. The minimum atomic E-state index is -0.300. The van der Waals surface area contributed by atoms with Crippen molar-refractivity contribution < 1.29 is 23.7 Å². The second-order valence-electron chi connectivity index (χ2n) is 6.96. The van der Waals surface area contributed by atoms with Crippen molar-refractivity contribution in [1.29, 1.82) is 0 Å². The molecule has 0 saturated heterocycles. The number of rotatable bonds is 5. The van der Waals surface area contributed by atoms with Gasteiger partial charge in [0.15, 0.2) is 11.5 Å². The lowest BCUT2D eigenvalue weighted by Gasteiger charge is -2.24. The maximum Gasteiger partial charge on any atom is 0.231 e. The lowest BCUT2D eigenvalue weighted by molar-refractivity contribution is 0.173. The molecule has 152 valence electrons. The molecule has 0 saturated carbocycles. The van der Waals surface area contributed by atoms with Gasteiger partial charge in [0, 0.05) is 11.1 Å². The maximum absolute atomic E-state index is 6.59. The van der Waals surface area contributed by atoms with Crippen LogP contribution in [0.25, 0.3) is 5.03 Å². The summed E-state index contributed by atoms with van der Waals surface area (Å²) in [6, 6.07) is 19.2. The molecule has 3 aromatic rings. The number of methoxy groups -OCH3 is 1. The van der Waals surface area contributed by atoms with Crippen LogP contribution in [0.3, 0.4) is 0 Å². The van der Waals surface area contributed by atoms with Gasteiger partial charge < -0.3 is 23.7 Å². The minimum Gasteiger partial charge on any atom is -0.497 e. The van der Waals surface area contributed by atoms with Gasteiger partial charge in [0.2, 0.25) is 6.79 Å². The summed E-state index contributed by atoms with van der Waals surface area (Å²) in [5, 5.41) is 0.619. The van der Waals surface area contributed by atoms with Gasteiger partial charge in [-0.05, 0) is 54.1 Å². The Kier molecular flexibility index (Phi) is 4.89. The van der Waals surface area contributed by atoms with E-state index >= 15 is 0 Å². The van der Waals surface area contributed by atoms with Gasteiger partial charge >= 0.3 is 0 Å². The quantitative estimate of drug-likeness (QED) is 0.526. The first-order valence-corrected chi connectivity index (χ1v) is 9.91. The third kappa shape index (κ3) is 3.64. The van der Waals surface area contributed by atoms with E-state index in [2.05, 4.69) is 0 Å². The third-order valence-corrected chi connectivity index (χ3v) is 5.38. The second kappa shape index (κ2) is 7.84. The first-order chi connectivity index (χ1) is 14.7. The molecule has 2 aliphatic heterocycles. The van der Waals surface area contributed by atoms with Crippen LogP contribution in [0.15, 0.2) is 66.7 Å². The van der Waals surface area contributed by atoms with E-state index in [1.54, 1.807) is 7.11 Å². The van der Waals surface area contributed by atoms with Crippen molar-refractivity contribution in [2.45, 2.75) is 12.7 Å². The molecule has 0 bridgehead atoms. The summed E-state index contributed by atoms with van der Waals surface area (Å²) < 4.78 is 28.1. The predicted molar refractivity (Wildman–Crippen MR) is 114 cm³/mol. The van der Waals surface area contributed by atoms with Gasteiger partial charge in [-0.1, -0.05) is 29.8 Å². The molecule has 30 heavy (non-hydrogen) atoms. The molecular weight excluding hydrogens is 404 g/mol. The highest BCUT2D eigenvalue weighted by molar-refractivity contribution is 6.49. The zero-order valence-electron chi connectivity index (χ0n) is 16.3. The van der Waals surface area contributed by atoms with Gasteiger partial charge in [0.1, 0.15) is 30.0 Å². The summed E-state index contributed by atoms with van der Waals surface area (Å²) in [7, 11) is 1.65. The summed E-state index contributed by atoms with van der Waals surface area (Å²) in [5.41, 5.74) is 2.80. The highest BCUT2D eigenvalue weighted by Crippen LogP contribution is 2.43. The summed E-state index contributed by atoms with van der Waals surface area (Å²) in [6.45, 7) is 0.688. The smallest absolute Gasteiger partial charge is 0.231 e. The van der Waals surface area contributed by atoms with Gasteiger partial charge in [-0.25, -0.2) is 0 Å². The molecule has 0 amide bonds. The van der Waals surface area contributed by atoms with Crippen molar-refractivity contribution in [2.24, 2.45) is 0 Å². The van der Waals surface area contributed by atoms with E-state index in [-0.39, 0.29) is 12.9 Å². The Labute approximate surface area is 179 Å². The first kappa shape index (κ1) is 18.7. The molecule has 0 aromatic heterocycles. The third-order valence-electron chi connectivity index (χ3n) is 5.05. The van der Waals surface area contributed by atoms with E-state index < -0.39 is 0 Å². The van der Waals surface area contributed by atoms with Crippen molar-refractivity contribution >= 4 is 16.6 Å². The van der Waals surface area contributed by atoms with Crippen molar-refractivity contribution in [2.75, 3.05) is 13.9 Å². The first-order valence-electron chi connectivity index (χ1n) is 9.53. The molecule has 1 atom stereocenters. The number of fused-ring (bicyclic) bond motifs is 2. The zero-order valence-corrected chi connectivity index (χ0v) is 17.0. The molecule has 0 radical (unpaired) electrons. The Morgan fingerprint density at radius 3 is 2.50 bits per heavy atom. The molecule has 0 N–H and O–H groups in total. The summed E-state index contributed by atoms with van der Waals surface area (Å²) in [4.78, 5) is 0. The lowest BCUT2D eigenvalue weighted by atomic mass is 10.0. The van der Waals surface area contributed by atoms with Crippen LogP contribution >= 0.6 is 11.6 Å². The minimum absolute atomic E-state index is 0.239. The van der Waals surface area contributed by atoms with Crippen molar-refractivity contribution in [3.05, 3.63) is 83.4 Å². The van der Waals surface area contributed by atoms with Crippen LogP contribution in [-0.4, -0.2) is 13.9 Å². The Balaban J connectivity index is 1.32. The summed E-state index contributed by atoms with van der Waals surface area (Å²) in [5.74, 6) is 3.71. The van der Waals surface area contributed by atoms with Crippen LogP contribution in [0.2, 0.25) is 0 Å². The maximum atomic E-state index is 6.59. The van der Waals surface area contributed by atoms with E-state index in [1.165, 1.54) is 0 Å². The van der Waals surface area contributed by atoms with Gasteiger partial charge in [-0.15, -0.1) is 0 Å². The van der Waals surface area contributed by atoms with Gasteiger partial charge in [-0.3, -0.25) is 0 Å². The fourth-order valence-electron chi connectivity index (χ4n) is 3.42. The Bertz CT molecular complexity index is 1110. The molecule has 5 rings (SSSR count). The Morgan fingerprint density at radius 2 is 1.67 bits per heavy atom. The molecule has 6 heteroatoms. The number of benzene rings is 3.